The average Bonchev–Trinajstić information content (AvgIpc) is 3.32. The Balaban J connectivity index is 0.000000318. The summed E-state index contributed by atoms with van der Waals surface area (Å²) in [6.07, 6.45) is 0.970. The second-order valence-electron chi connectivity index (χ2n) is 7.08. The molecule has 0 spiro atoms. The number of methoxy groups -OCH3 is 1. The van der Waals surface area contributed by atoms with Crippen LogP contribution >= 0.6 is 0 Å². The van der Waals surface area contributed by atoms with Crippen LogP contribution in [0.25, 0.3) is 0 Å². The second-order valence-corrected chi connectivity index (χ2v) is 7.08. The molecule has 2 aromatic rings. The monoisotopic (exact) mass is 424 g/mol. The average molecular weight is 424 g/mol. The number of carboxylic acid groups (broad SMARTS) is 1. The summed E-state index contributed by atoms with van der Waals surface area (Å²) in [7, 11) is 1.71. The molecule has 0 unspecified atom stereocenters. The summed E-state index contributed by atoms with van der Waals surface area (Å²) in [6, 6.07) is 11.5. The van der Waals surface area contributed by atoms with Crippen LogP contribution in [0.3, 0.4) is 0 Å². The minimum absolute atomic E-state index is 0.552. The summed E-state index contributed by atoms with van der Waals surface area (Å²) in [5.41, 5.74) is 1.35. The molecular weight excluding hydrogens is 401 g/mol. The van der Waals surface area contributed by atoms with E-state index in [1.54, 1.807) is 7.11 Å². The van der Waals surface area contributed by atoms with Crippen LogP contribution in [-0.4, -0.2) is 64.4 Å². The number of nitrogens with zero attached hydrogens (tertiary/aromatic N) is 4. The molecular formula is C20H23F3N4O3. The van der Waals surface area contributed by atoms with Crippen molar-refractivity contribution >= 4 is 11.9 Å². The molecule has 0 bridgehead atoms. The first-order chi connectivity index (χ1) is 14.3. The first-order valence-corrected chi connectivity index (χ1v) is 9.50. The van der Waals surface area contributed by atoms with Gasteiger partial charge in [-0.3, -0.25) is 4.90 Å². The normalized spacial score (nSPS) is 21.0. The van der Waals surface area contributed by atoms with Crippen molar-refractivity contribution in [1.29, 1.82) is 0 Å². The molecule has 10 heteroatoms. The van der Waals surface area contributed by atoms with Crippen LogP contribution in [-0.2, 0) is 11.3 Å². The van der Waals surface area contributed by atoms with E-state index in [2.05, 4.69) is 31.9 Å². The SMILES string of the molecule is COc1ccc(CN2CC[C@H]3[C@H]2CCN3c2ncccn2)cc1.O=C(O)C(F)(F)F. The summed E-state index contributed by atoms with van der Waals surface area (Å²) in [6.45, 7) is 3.21. The Hall–Kier alpha value is -2.88. The summed E-state index contributed by atoms with van der Waals surface area (Å²) in [5, 5.41) is 7.12. The minimum atomic E-state index is -5.08. The fourth-order valence-electron chi connectivity index (χ4n) is 3.92. The molecule has 2 aliphatic rings. The zero-order valence-corrected chi connectivity index (χ0v) is 16.4. The van der Waals surface area contributed by atoms with E-state index in [1.807, 2.05) is 30.6 Å². The number of carboxylic acids is 1. The molecule has 162 valence electrons. The highest BCUT2D eigenvalue weighted by Gasteiger charge is 2.43. The van der Waals surface area contributed by atoms with E-state index >= 15 is 0 Å². The summed E-state index contributed by atoms with van der Waals surface area (Å²) in [4.78, 5) is 22.8. The van der Waals surface area contributed by atoms with Crippen molar-refractivity contribution in [3.63, 3.8) is 0 Å². The lowest BCUT2D eigenvalue weighted by Gasteiger charge is -2.25. The highest BCUT2D eigenvalue weighted by Crippen LogP contribution is 2.34. The summed E-state index contributed by atoms with van der Waals surface area (Å²) in [5.74, 6) is -0.958. The van der Waals surface area contributed by atoms with E-state index in [9.17, 15) is 13.2 Å². The van der Waals surface area contributed by atoms with Crippen LogP contribution in [0, 0.1) is 0 Å². The van der Waals surface area contributed by atoms with Gasteiger partial charge in [0.05, 0.1) is 7.11 Å². The third kappa shape index (κ3) is 5.18. The van der Waals surface area contributed by atoms with E-state index < -0.39 is 12.1 Å². The lowest BCUT2D eigenvalue weighted by atomic mass is 10.1. The van der Waals surface area contributed by atoms with Gasteiger partial charge in [-0.1, -0.05) is 12.1 Å². The van der Waals surface area contributed by atoms with Crippen molar-refractivity contribution in [3.8, 4) is 5.75 Å². The van der Waals surface area contributed by atoms with Crippen molar-refractivity contribution in [2.45, 2.75) is 37.6 Å². The van der Waals surface area contributed by atoms with Gasteiger partial charge in [-0.25, -0.2) is 14.8 Å². The molecule has 0 saturated carbocycles. The Morgan fingerprint density at radius 3 is 2.30 bits per heavy atom. The van der Waals surface area contributed by atoms with Crippen molar-refractivity contribution in [2.75, 3.05) is 25.1 Å². The molecule has 1 aromatic carbocycles. The van der Waals surface area contributed by atoms with Gasteiger partial charge >= 0.3 is 12.1 Å². The van der Waals surface area contributed by atoms with E-state index in [1.165, 1.54) is 18.4 Å². The molecule has 1 aromatic heterocycles. The number of benzene rings is 1. The van der Waals surface area contributed by atoms with Gasteiger partial charge in [0.15, 0.2) is 0 Å². The maximum atomic E-state index is 10.6. The topological polar surface area (TPSA) is 78.8 Å². The van der Waals surface area contributed by atoms with Crippen LogP contribution in [0.4, 0.5) is 19.1 Å². The number of hydrogen-bond donors (Lipinski definition) is 1. The van der Waals surface area contributed by atoms with Crippen LogP contribution in [0.2, 0.25) is 0 Å². The predicted octanol–water partition coefficient (Wildman–Crippen LogP) is 2.97. The summed E-state index contributed by atoms with van der Waals surface area (Å²) < 4.78 is 37.0. The zero-order valence-electron chi connectivity index (χ0n) is 16.4. The number of hydrogen-bond acceptors (Lipinski definition) is 6. The fraction of sp³-hybridized carbons (Fsp3) is 0.450. The van der Waals surface area contributed by atoms with Crippen molar-refractivity contribution in [1.82, 2.24) is 14.9 Å². The molecule has 2 atom stereocenters. The van der Waals surface area contributed by atoms with Crippen molar-refractivity contribution < 1.29 is 27.8 Å². The van der Waals surface area contributed by atoms with E-state index in [-0.39, 0.29) is 0 Å². The lowest BCUT2D eigenvalue weighted by molar-refractivity contribution is -0.192. The van der Waals surface area contributed by atoms with E-state index in [4.69, 9.17) is 14.6 Å². The number of carbonyl (C=O) groups is 1. The number of alkyl halides is 3. The van der Waals surface area contributed by atoms with Gasteiger partial charge in [0.2, 0.25) is 5.95 Å². The third-order valence-corrected chi connectivity index (χ3v) is 5.29. The Morgan fingerprint density at radius 1 is 1.13 bits per heavy atom. The first kappa shape index (κ1) is 21.8. The number of aliphatic carboxylic acids is 1. The largest absolute Gasteiger partial charge is 0.497 e. The number of ether oxygens (including phenoxy) is 1. The highest BCUT2D eigenvalue weighted by atomic mass is 19.4. The molecule has 7 nitrogen and oxygen atoms in total. The molecule has 0 radical (unpaired) electrons. The van der Waals surface area contributed by atoms with Gasteiger partial charge in [-0.2, -0.15) is 13.2 Å². The van der Waals surface area contributed by atoms with Crippen LogP contribution in [0.5, 0.6) is 5.75 Å². The van der Waals surface area contributed by atoms with Crippen molar-refractivity contribution in [2.24, 2.45) is 0 Å². The number of fused-ring (bicyclic) bond motifs is 1. The Kier molecular flexibility index (Phi) is 6.76. The smallest absolute Gasteiger partial charge is 0.490 e. The molecule has 0 amide bonds. The number of halogens is 3. The fourth-order valence-corrected chi connectivity index (χ4v) is 3.92. The molecule has 3 heterocycles. The third-order valence-electron chi connectivity index (χ3n) is 5.29. The van der Waals surface area contributed by atoms with Crippen LogP contribution < -0.4 is 9.64 Å². The Morgan fingerprint density at radius 2 is 1.73 bits per heavy atom. The van der Waals surface area contributed by atoms with Gasteiger partial charge in [0.25, 0.3) is 0 Å². The van der Waals surface area contributed by atoms with Crippen LogP contribution in [0.15, 0.2) is 42.7 Å². The summed E-state index contributed by atoms with van der Waals surface area (Å²) >= 11 is 0. The maximum Gasteiger partial charge on any atom is 0.490 e. The van der Waals surface area contributed by atoms with Gasteiger partial charge in [-0.15, -0.1) is 0 Å². The Bertz CT molecular complexity index is 833. The highest BCUT2D eigenvalue weighted by molar-refractivity contribution is 5.73. The lowest BCUT2D eigenvalue weighted by Crippen LogP contribution is -2.37. The number of likely N-dealkylation sites (tertiary alicyclic amines) is 1. The second kappa shape index (κ2) is 9.29. The van der Waals surface area contributed by atoms with Crippen molar-refractivity contribution in [3.05, 3.63) is 48.3 Å². The molecule has 2 fully saturated rings. The van der Waals surface area contributed by atoms with Gasteiger partial charge in [-0.05, 0) is 36.6 Å². The van der Waals surface area contributed by atoms with E-state index in [0.717, 1.165) is 31.3 Å². The molecule has 0 aliphatic carbocycles. The number of aromatic nitrogens is 2. The van der Waals surface area contributed by atoms with Gasteiger partial charge in [0, 0.05) is 44.1 Å². The molecule has 4 rings (SSSR count). The zero-order chi connectivity index (χ0) is 21.7. The molecule has 2 saturated heterocycles. The first-order valence-electron chi connectivity index (χ1n) is 9.50. The Labute approximate surface area is 172 Å². The standard InChI is InChI=1S/C18H22N4O.C2HF3O2/c1-23-15-5-3-14(4-6-15)13-21-11-7-17-16(21)8-12-22(17)18-19-9-2-10-20-18;3-2(4,5)1(6)7/h2-6,9-10,16-17H,7-8,11-13H2,1H3;(H,6,7)/t16-,17+;/m1./s1. The van der Waals surface area contributed by atoms with Crippen LogP contribution in [0.1, 0.15) is 18.4 Å². The quantitative estimate of drug-likeness (QED) is 0.809. The number of anilines is 1. The van der Waals surface area contributed by atoms with Gasteiger partial charge in [0.1, 0.15) is 5.75 Å². The maximum absolute atomic E-state index is 10.6. The number of rotatable bonds is 4. The molecule has 30 heavy (non-hydrogen) atoms. The predicted molar refractivity (Wildman–Crippen MR) is 103 cm³/mol. The van der Waals surface area contributed by atoms with Gasteiger partial charge < -0.3 is 14.7 Å². The van der Waals surface area contributed by atoms with E-state index in [0.29, 0.717) is 12.1 Å². The molecule has 1 N–H and O–H groups in total. The molecule has 2 aliphatic heterocycles. The minimum Gasteiger partial charge on any atom is -0.497 e.